The number of nitrogens with zero attached hydrogens (tertiary/aromatic N) is 2. The second kappa shape index (κ2) is 8.69. The largest absolute Gasteiger partial charge is 0.484 e. The predicted octanol–water partition coefficient (Wildman–Crippen LogP) is 4.23. The Morgan fingerprint density at radius 3 is 2.64 bits per heavy atom. The minimum Gasteiger partial charge on any atom is -0.484 e. The van der Waals surface area contributed by atoms with E-state index in [1.54, 1.807) is 6.07 Å². The van der Waals surface area contributed by atoms with E-state index in [0.717, 1.165) is 24.0 Å². The Morgan fingerprint density at radius 2 is 1.82 bits per heavy atom. The van der Waals surface area contributed by atoms with Crippen LogP contribution in [0.4, 0.5) is 0 Å². The van der Waals surface area contributed by atoms with Gasteiger partial charge in [-0.1, -0.05) is 60.8 Å². The first-order valence-corrected chi connectivity index (χ1v) is 9.70. The fourth-order valence-electron chi connectivity index (χ4n) is 3.43. The molecular weight excluding hydrogens is 354 g/mol. The van der Waals surface area contributed by atoms with Crippen molar-refractivity contribution in [1.29, 1.82) is 0 Å². The van der Waals surface area contributed by atoms with Gasteiger partial charge in [-0.3, -0.25) is 4.79 Å². The molecule has 2 aromatic carbocycles. The Hall–Kier alpha value is -3.15. The Kier molecular flexibility index (Phi) is 5.66. The standard InChI is InChI=1S/C22H23N3O3/c26-20(23-18-11-5-2-6-12-18)15-27-19-13-7-10-17(14-19)22-24-21(25-28-22)16-8-3-1-4-9-16/h1,3-4,7-10,13-14,18H,2,5-6,11-12,15H2,(H,23,26). The quantitative estimate of drug-likeness (QED) is 0.695. The number of ether oxygens (including phenoxy) is 1. The molecule has 1 amide bonds. The second-order valence-electron chi connectivity index (χ2n) is 7.01. The molecule has 144 valence electrons. The van der Waals surface area contributed by atoms with Crippen molar-refractivity contribution in [3.8, 4) is 28.6 Å². The molecule has 0 radical (unpaired) electrons. The monoisotopic (exact) mass is 377 g/mol. The predicted molar refractivity (Wildman–Crippen MR) is 106 cm³/mol. The molecule has 1 N–H and O–H groups in total. The molecule has 0 saturated heterocycles. The van der Waals surface area contributed by atoms with Gasteiger partial charge in [0.05, 0.1) is 0 Å². The summed E-state index contributed by atoms with van der Waals surface area (Å²) >= 11 is 0. The zero-order valence-electron chi connectivity index (χ0n) is 15.6. The summed E-state index contributed by atoms with van der Waals surface area (Å²) in [4.78, 5) is 16.6. The van der Waals surface area contributed by atoms with Gasteiger partial charge >= 0.3 is 0 Å². The molecule has 6 nitrogen and oxygen atoms in total. The number of carbonyl (C=O) groups excluding carboxylic acids is 1. The number of amides is 1. The topological polar surface area (TPSA) is 77.2 Å². The summed E-state index contributed by atoms with van der Waals surface area (Å²) in [7, 11) is 0. The number of hydrogen-bond donors (Lipinski definition) is 1. The summed E-state index contributed by atoms with van der Waals surface area (Å²) in [5.74, 6) is 1.46. The van der Waals surface area contributed by atoms with Crippen LogP contribution in [0.2, 0.25) is 0 Å². The molecule has 0 bridgehead atoms. The molecule has 1 aliphatic rings. The lowest BCUT2D eigenvalue weighted by molar-refractivity contribution is -0.124. The number of rotatable bonds is 6. The lowest BCUT2D eigenvalue weighted by atomic mass is 9.95. The Labute approximate surface area is 163 Å². The molecule has 0 aliphatic heterocycles. The smallest absolute Gasteiger partial charge is 0.258 e. The van der Waals surface area contributed by atoms with Crippen molar-refractivity contribution in [3.63, 3.8) is 0 Å². The van der Waals surface area contributed by atoms with Gasteiger partial charge < -0.3 is 14.6 Å². The first kappa shape index (κ1) is 18.2. The lowest BCUT2D eigenvalue weighted by Gasteiger charge is -2.22. The van der Waals surface area contributed by atoms with Crippen molar-refractivity contribution in [2.75, 3.05) is 6.61 Å². The normalized spacial score (nSPS) is 14.6. The highest BCUT2D eigenvalue weighted by molar-refractivity contribution is 5.77. The first-order chi connectivity index (χ1) is 13.8. The van der Waals surface area contributed by atoms with E-state index < -0.39 is 0 Å². The van der Waals surface area contributed by atoms with Crippen LogP contribution in [0.15, 0.2) is 59.1 Å². The van der Waals surface area contributed by atoms with Crippen LogP contribution in [0, 0.1) is 0 Å². The first-order valence-electron chi connectivity index (χ1n) is 9.70. The van der Waals surface area contributed by atoms with E-state index in [-0.39, 0.29) is 18.6 Å². The van der Waals surface area contributed by atoms with E-state index in [1.165, 1.54) is 19.3 Å². The maximum absolute atomic E-state index is 12.1. The molecule has 0 unspecified atom stereocenters. The molecule has 28 heavy (non-hydrogen) atoms. The van der Waals surface area contributed by atoms with Gasteiger partial charge in [-0.05, 0) is 31.0 Å². The molecule has 3 aromatic rings. The van der Waals surface area contributed by atoms with Crippen LogP contribution in [0.3, 0.4) is 0 Å². The highest BCUT2D eigenvalue weighted by atomic mass is 16.5. The van der Waals surface area contributed by atoms with Gasteiger partial charge in [0, 0.05) is 17.2 Å². The SMILES string of the molecule is O=C(COc1cccc(-c2nc(-c3ccccc3)no2)c1)NC1CCCCC1. The van der Waals surface area contributed by atoms with Crippen LogP contribution < -0.4 is 10.1 Å². The van der Waals surface area contributed by atoms with Crippen molar-refractivity contribution >= 4 is 5.91 Å². The van der Waals surface area contributed by atoms with Crippen LogP contribution in [0.1, 0.15) is 32.1 Å². The van der Waals surface area contributed by atoms with Gasteiger partial charge in [0.25, 0.3) is 11.8 Å². The molecule has 0 spiro atoms. The molecule has 1 aromatic heterocycles. The summed E-state index contributed by atoms with van der Waals surface area (Å²) in [5.41, 5.74) is 1.64. The third-order valence-corrected chi connectivity index (χ3v) is 4.88. The fraction of sp³-hybridized carbons (Fsp3) is 0.318. The summed E-state index contributed by atoms with van der Waals surface area (Å²) in [6.07, 6.45) is 5.74. The summed E-state index contributed by atoms with van der Waals surface area (Å²) < 4.78 is 11.1. The van der Waals surface area contributed by atoms with Gasteiger partial charge in [0.15, 0.2) is 6.61 Å². The zero-order chi connectivity index (χ0) is 19.2. The summed E-state index contributed by atoms with van der Waals surface area (Å²) in [6.45, 7) is -0.000940. The Balaban J connectivity index is 1.38. The zero-order valence-corrected chi connectivity index (χ0v) is 15.6. The summed E-state index contributed by atoms with van der Waals surface area (Å²) in [6, 6.07) is 17.3. The van der Waals surface area contributed by atoms with Crippen molar-refractivity contribution in [3.05, 3.63) is 54.6 Å². The molecule has 4 rings (SSSR count). The van der Waals surface area contributed by atoms with E-state index in [0.29, 0.717) is 17.5 Å². The van der Waals surface area contributed by atoms with Crippen molar-refractivity contribution in [2.45, 2.75) is 38.1 Å². The third kappa shape index (κ3) is 4.57. The van der Waals surface area contributed by atoms with Gasteiger partial charge in [-0.25, -0.2) is 0 Å². The van der Waals surface area contributed by atoms with E-state index in [9.17, 15) is 4.79 Å². The highest BCUT2D eigenvalue weighted by Crippen LogP contribution is 2.25. The number of carbonyl (C=O) groups is 1. The van der Waals surface area contributed by atoms with Crippen LogP contribution in [-0.2, 0) is 4.79 Å². The number of benzene rings is 2. The molecule has 1 fully saturated rings. The average Bonchev–Trinajstić information content (AvgIpc) is 3.24. The minimum atomic E-state index is -0.0820. The third-order valence-electron chi connectivity index (χ3n) is 4.88. The van der Waals surface area contributed by atoms with Crippen LogP contribution in [0.25, 0.3) is 22.8 Å². The average molecular weight is 377 g/mol. The molecule has 6 heteroatoms. The van der Waals surface area contributed by atoms with E-state index in [2.05, 4.69) is 15.5 Å². The van der Waals surface area contributed by atoms with Gasteiger partial charge in [0.1, 0.15) is 5.75 Å². The van der Waals surface area contributed by atoms with Crippen LogP contribution >= 0.6 is 0 Å². The van der Waals surface area contributed by atoms with Gasteiger partial charge in [-0.2, -0.15) is 4.98 Å². The summed E-state index contributed by atoms with van der Waals surface area (Å²) in [5, 5.41) is 7.09. The number of aromatic nitrogens is 2. The minimum absolute atomic E-state index is 0.000940. The molecule has 0 atom stereocenters. The Morgan fingerprint density at radius 1 is 1.04 bits per heavy atom. The Bertz CT molecular complexity index is 918. The maximum Gasteiger partial charge on any atom is 0.258 e. The molecule has 1 heterocycles. The van der Waals surface area contributed by atoms with E-state index >= 15 is 0 Å². The van der Waals surface area contributed by atoms with Crippen molar-refractivity contribution in [2.24, 2.45) is 0 Å². The van der Waals surface area contributed by atoms with Crippen molar-refractivity contribution in [1.82, 2.24) is 15.5 Å². The van der Waals surface area contributed by atoms with Gasteiger partial charge in [-0.15, -0.1) is 0 Å². The lowest BCUT2D eigenvalue weighted by Crippen LogP contribution is -2.38. The van der Waals surface area contributed by atoms with Crippen molar-refractivity contribution < 1.29 is 14.1 Å². The second-order valence-corrected chi connectivity index (χ2v) is 7.01. The van der Waals surface area contributed by atoms with Gasteiger partial charge in [0.2, 0.25) is 5.82 Å². The highest BCUT2D eigenvalue weighted by Gasteiger charge is 2.16. The van der Waals surface area contributed by atoms with E-state index in [1.807, 2.05) is 48.5 Å². The molecular formula is C22H23N3O3. The molecule has 1 aliphatic carbocycles. The maximum atomic E-state index is 12.1. The number of nitrogens with one attached hydrogen (secondary N) is 1. The van der Waals surface area contributed by atoms with Crippen LogP contribution in [0.5, 0.6) is 5.75 Å². The fourth-order valence-corrected chi connectivity index (χ4v) is 3.43. The van der Waals surface area contributed by atoms with Crippen LogP contribution in [-0.4, -0.2) is 28.7 Å². The molecule has 1 saturated carbocycles. The van der Waals surface area contributed by atoms with E-state index in [4.69, 9.17) is 9.26 Å². The number of hydrogen-bond acceptors (Lipinski definition) is 5.